The van der Waals surface area contributed by atoms with Gasteiger partial charge in [-0.05, 0) is 68.1 Å². The maximum Gasteiger partial charge on any atom is 0.272 e. The molecule has 0 radical (unpaired) electrons. The van der Waals surface area contributed by atoms with E-state index in [-0.39, 0.29) is 34.6 Å². The van der Waals surface area contributed by atoms with Crippen molar-refractivity contribution in [2.75, 3.05) is 14.1 Å². The number of fused-ring (bicyclic) bond motifs is 3. The number of nitrogens with zero attached hydrogens (tertiary/aromatic N) is 3. The van der Waals surface area contributed by atoms with Crippen molar-refractivity contribution in [2.24, 2.45) is 22.7 Å². The van der Waals surface area contributed by atoms with Crippen molar-refractivity contribution < 1.29 is 9.59 Å². The van der Waals surface area contributed by atoms with Crippen molar-refractivity contribution in [1.82, 2.24) is 20.0 Å². The van der Waals surface area contributed by atoms with E-state index in [0.29, 0.717) is 24.1 Å². The maximum atomic E-state index is 13.8. The molecule has 1 heterocycles. The lowest BCUT2D eigenvalue weighted by Crippen LogP contribution is -2.52. The molecule has 0 saturated heterocycles. The van der Waals surface area contributed by atoms with Crippen LogP contribution in [0.1, 0.15) is 106 Å². The van der Waals surface area contributed by atoms with Gasteiger partial charge in [-0.15, -0.1) is 0 Å². The number of carbonyl (C=O) groups is 2. The van der Waals surface area contributed by atoms with E-state index in [4.69, 9.17) is 5.10 Å². The molecule has 6 nitrogen and oxygen atoms in total. The molecule has 4 aliphatic rings. The van der Waals surface area contributed by atoms with Gasteiger partial charge in [0, 0.05) is 37.3 Å². The summed E-state index contributed by atoms with van der Waals surface area (Å²) in [6.07, 6.45) is 12.0. The lowest BCUT2D eigenvalue weighted by atomic mass is 9.68. The molecule has 4 unspecified atom stereocenters. The molecule has 4 aliphatic carbocycles. The van der Waals surface area contributed by atoms with E-state index in [1.807, 2.05) is 14.1 Å². The Bertz CT molecular complexity index is 937. The number of hydrogen-bond acceptors (Lipinski definition) is 3. The average Bonchev–Trinajstić information content (AvgIpc) is 3.43. The summed E-state index contributed by atoms with van der Waals surface area (Å²) in [6, 6.07) is 0.570. The average molecular weight is 455 g/mol. The van der Waals surface area contributed by atoms with E-state index in [0.717, 1.165) is 31.2 Å². The van der Waals surface area contributed by atoms with Crippen LogP contribution in [0.25, 0.3) is 0 Å². The summed E-state index contributed by atoms with van der Waals surface area (Å²) in [5.74, 6) is 0.771. The summed E-state index contributed by atoms with van der Waals surface area (Å²) in [4.78, 5) is 28.3. The first-order chi connectivity index (χ1) is 15.6. The molecule has 1 aromatic rings. The van der Waals surface area contributed by atoms with Crippen LogP contribution in [0.4, 0.5) is 0 Å². The first-order valence-corrected chi connectivity index (χ1v) is 13.2. The third-order valence-corrected chi connectivity index (χ3v) is 9.77. The first-order valence-electron chi connectivity index (χ1n) is 13.2. The zero-order valence-corrected chi connectivity index (χ0v) is 21.2. The quantitative estimate of drug-likeness (QED) is 0.727. The van der Waals surface area contributed by atoms with Gasteiger partial charge in [-0.3, -0.25) is 14.3 Å². The van der Waals surface area contributed by atoms with Crippen LogP contribution in [0, 0.1) is 22.7 Å². The molecular weight excluding hydrogens is 412 g/mol. The van der Waals surface area contributed by atoms with Gasteiger partial charge < -0.3 is 10.2 Å². The molecule has 2 amide bonds. The summed E-state index contributed by atoms with van der Waals surface area (Å²) in [6.45, 7) is 7.01. The second-order valence-corrected chi connectivity index (χ2v) is 12.5. The Morgan fingerprint density at radius 3 is 2.42 bits per heavy atom. The Balaban J connectivity index is 1.47. The highest BCUT2D eigenvalue weighted by atomic mass is 16.2. The lowest BCUT2D eigenvalue weighted by molar-refractivity contribution is -0.133. The van der Waals surface area contributed by atoms with Gasteiger partial charge in [-0.25, -0.2) is 0 Å². The van der Waals surface area contributed by atoms with Crippen LogP contribution >= 0.6 is 0 Å². The van der Waals surface area contributed by atoms with Crippen LogP contribution < -0.4 is 5.32 Å². The third-order valence-electron chi connectivity index (χ3n) is 9.77. The Hall–Kier alpha value is -1.85. The summed E-state index contributed by atoms with van der Waals surface area (Å²) < 4.78 is 2.20. The molecule has 1 aromatic heterocycles. The van der Waals surface area contributed by atoms with Gasteiger partial charge in [0.1, 0.15) is 0 Å². The fourth-order valence-corrected chi connectivity index (χ4v) is 7.89. The highest BCUT2D eigenvalue weighted by molar-refractivity contribution is 5.95. The lowest BCUT2D eigenvalue weighted by Gasteiger charge is -2.43. The number of rotatable bonds is 4. The molecule has 3 fully saturated rings. The predicted octanol–water partition coefficient (Wildman–Crippen LogP) is 4.53. The van der Waals surface area contributed by atoms with Gasteiger partial charge >= 0.3 is 0 Å². The van der Waals surface area contributed by atoms with Crippen LogP contribution in [0.15, 0.2) is 0 Å². The highest BCUT2D eigenvalue weighted by Gasteiger charge is 2.59. The van der Waals surface area contributed by atoms with Crippen molar-refractivity contribution in [3.63, 3.8) is 0 Å². The summed E-state index contributed by atoms with van der Waals surface area (Å²) in [5.41, 5.74) is 3.13. The van der Waals surface area contributed by atoms with Crippen LogP contribution in [-0.2, 0) is 17.6 Å². The van der Waals surface area contributed by atoms with E-state index in [2.05, 4.69) is 30.8 Å². The minimum atomic E-state index is -0.0560. The van der Waals surface area contributed by atoms with E-state index in [1.165, 1.54) is 44.2 Å². The largest absolute Gasteiger partial charge is 0.349 e. The summed E-state index contributed by atoms with van der Waals surface area (Å²) in [5, 5.41) is 8.49. The van der Waals surface area contributed by atoms with Crippen molar-refractivity contribution in [3.8, 4) is 0 Å². The Labute approximate surface area is 198 Å². The van der Waals surface area contributed by atoms with E-state index in [9.17, 15) is 9.59 Å². The zero-order valence-electron chi connectivity index (χ0n) is 21.2. The molecule has 182 valence electrons. The monoisotopic (exact) mass is 454 g/mol. The Morgan fingerprint density at radius 2 is 1.79 bits per heavy atom. The molecule has 0 aliphatic heterocycles. The molecule has 5 rings (SSSR count). The highest BCUT2D eigenvalue weighted by Crippen LogP contribution is 2.62. The topological polar surface area (TPSA) is 67.2 Å². The van der Waals surface area contributed by atoms with Crippen molar-refractivity contribution in [1.29, 1.82) is 0 Å². The third kappa shape index (κ3) is 3.72. The molecule has 4 atom stereocenters. The van der Waals surface area contributed by atoms with Crippen molar-refractivity contribution in [3.05, 3.63) is 17.0 Å². The van der Waals surface area contributed by atoms with Gasteiger partial charge in [0.2, 0.25) is 5.91 Å². The van der Waals surface area contributed by atoms with E-state index in [1.54, 1.807) is 4.90 Å². The molecule has 0 spiro atoms. The summed E-state index contributed by atoms with van der Waals surface area (Å²) >= 11 is 0. The van der Waals surface area contributed by atoms with Crippen molar-refractivity contribution in [2.45, 2.75) is 103 Å². The van der Waals surface area contributed by atoms with Gasteiger partial charge in [0.25, 0.3) is 5.91 Å². The number of nitrogens with one attached hydrogen (secondary N) is 1. The standard InChI is InChI=1S/C27H42N4O2/c1-26(2)18-13-14-27(3,16-18)25(26)28-23(32)22-20-15-17(24(33)30(4)5)11-12-21(20)31(29-22)19-9-7-6-8-10-19/h17-19,25H,6-16H2,1-5H3,(H,28,32). The molecule has 0 aromatic carbocycles. The van der Waals surface area contributed by atoms with Crippen LogP contribution in [0.5, 0.6) is 0 Å². The van der Waals surface area contributed by atoms with Crippen LogP contribution in [0.2, 0.25) is 0 Å². The Kier molecular flexibility index (Phi) is 5.64. The van der Waals surface area contributed by atoms with Crippen LogP contribution in [0.3, 0.4) is 0 Å². The van der Waals surface area contributed by atoms with E-state index >= 15 is 0 Å². The minimum Gasteiger partial charge on any atom is -0.349 e. The van der Waals surface area contributed by atoms with Gasteiger partial charge in [0.05, 0.1) is 6.04 Å². The van der Waals surface area contributed by atoms with E-state index < -0.39 is 0 Å². The predicted molar refractivity (Wildman–Crippen MR) is 129 cm³/mol. The molecule has 33 heavy (non-hydrogen) atoms. The van der Waals surface area contributed by atoms with Crippen molar-refractivity contribution >= 4 is 11.8 Å². The number of hydrogen-bond donors (Lipinski definition) is 1. The first kappa shape index (κ1) is 22.9. The molecule has 2 bridgehead atoms. The Morgan fingerprint density at radius 1 is 1.06 bits per heavy atom. The fraction of sp³-hybridized carbons (Fsp3) is 0.815. The normalized spacial score (nSPS) is 33.1. The number of carbonyl (C=O) groups excluding carboxylic acids is 2. The van der Waals surface area contributed by atoms with Crippen LogP contribution in [-0.4, -0.2) is 46.6 Å². The van der Waals surface area contributed by atoms with Gasteiger partial charge in [-0.1, -0.05) is 40.0 Å². The second kappa shape index (κ2) is 8.13. The zero-order chi connectivity index (χ0) is 23.5. The number of aromatic nitrogens is 2. The van der Waals surface area contributed by atoms with Gasteiger partial charge in [-0.2, -0.15) is 5.10 Å². The number of amides is 2. The SMILES string of the molecule is CN(C)C(=O)C1CCc2c(c(C(=O)NC3C4(C)CCC(C4)C3(C)C)nn2C2CCCCC2)C1. The smallest absolute Gasteiger partial charge is 0.272 e. The molecule has 6 heteroatoms. The molecular formula is C27H42N4O2. The summed E-state index contributed by atoms with van der Waals surface area (Å²) in [7, 11) is 3.66. The minimum absolute atomic E-state index is 0.0226. The second-order valence-electron chi connectivity index (χ2n) is 12.5. The maximum absolute atomic E-state index is 13.8. The molecule has 1 N–H and O–H groups in total. The molecule has 3 saturated carbocycles. The van der Waals surface area contributed by atoms with Gasteiger partial charge in [0.15, 0.2) is 5.69 Å². The fourth-order valence-electron chi connectivity index (χ4n) is 7.89.